The molecule has 35 heavy (non-hydrogen) atoms. The molecule has 2 N–H and O–H groups in total. The van der Waals surface area contributed by atoms with Crippen LogP contribution in [-0.2, 0) is 6.18 Å². The first-order chi connectivity index (χ1) is 16.6. The molecule has 1 aliphatic heterocycles. The lowest BCUT2D eigenvalue weighted by atomic mass is 9.94. The molecule has 3 aromatic heterocycles. The van der Waals surface area contributed by atoms with E-state index in [4.69, 9.17) is 0 Å². The normalized spacial score (nSPS) is 18.2. The Morgan fingerprint density at radius 3 is 2.71 bits per heavy atom. The number of alkyl halides is 3. The lowest BCUT2D eigenvalue weighted by molar-refractivity contribution is -0.137. The van der Waals surface area contributed by atoms with Crippen molar-refractivity contribution in [2.75, 3.05) is 18.4 Å². The van der Waals surface area contributed by atoms with Crippen molar-refractivity contribution in [2.45, 2.75) is 32.5 Å². The number of amides is 1. The third-order valence-corrected chi connectivity index (χ3v) is 5.81. The number of halogens is 3. The van der Waals surface area contributed by atoms with Crippen LogP contribution in [0.1, 0.15) is 30.3 Å². The maximum atomic E-state index is 13.7. The number of rotatable bonds is 4. The summed E-state index contributed by atoms with van der Waals surface area (Å²) in [7, 11) is 0. The summed E-state index contributed by atoms with van der Waals surface area (Å²) >= 11 is 0. The standard InChI is InChI=1S/C22H21F3N8O2/c1-12-9-32(21(34)35)6-5-15(12)30-20-27-8-14(22(23,24)25)19(31-20)17-10-33(11-28-17)18-4-3-13(2)29-16(18)7-26/h3-4,8,10-12,15H,5-6,9H2,1-2H3,(H,34,35)(H,27,30,31)/t12-,15+/m1/s1. The minimum absolute atomic E-state index is 0.0158. The van der Waals surface area contributed by atoms with Crippen LogP contribution in [0.2, 0.25) is 0 Å². The molecule has 4 rings (SSSR count). The topological polar surface area (TPSA) is 133 Å². The number of imidazole rings is 1. The summed E-state index contributed by atoms with van der Waals surface area (Å²) in [5.41, 5.74) is -0.415. The number of nitriles is 1. The summed E-state index contributed by atoms with van der Waals surface area (Å²) < 4.78 is 42.7. The molecule has 1 fully saturated rings. The van der Waals surface area contributed by atoms with E-state index in [0.29, 0.717) is 30.5 Å². The van der Waals surface area contributed by atoms with Gasteiger partial charge in [-0.2, -0.15) is 18.4 Å². The van der Waals surface area contributed by atoms with Crippen molar-refractivity contribution in [2.24, 2.45) is 5.92 Å². The van der Waals surface area contributed by atoms with Crippen molar-refractivity contribution >= 4 is 12.0 Å². The zero-order valence-corrected chi connectivity index (χ0v) is 18.8. The maximum absolute atomic E-state index is 13.7. The predicted octanol–water partition coefficient (Wildman–Crippen LogP) is 3.72. The Hall–Kier alpha value is -4.21. The van der Waals surface area contributed by atoms with E-state index in [9.17, 15) is 28.3 Å². The largest absolute Gasteiger partial charge is 0.465 e. The first-order valence-corrected chi connectivity index (χ1v) is 10.7. The quantitative estimate of drug-likeness (QED) is 0.570. The summed E-state index contributed by atoms with van der Waals surface area (Å²) in [5, 5.41) is 21.6. The molecule has 0 saturated carbocycles. The molecule has 0 unspecified atom stereocenters. The van der Waals surface area contributed by atoms with Crippen LogP contribution in [-0.4, -0.2) is 59.7 Å². The molecule has 2 atom stereocenters. The van der Waals surface area contributed by atoms with Crippen LogP contribution in [0.25, 0.3) is 17.1 Å². The van der Waals surface area contributed by atoms with Gasteiger partial charge in [0.05, 0.1) is 5.69 Å². The van der Waals surface area contributed by atoms with Gasteiger partial charge in [0.1, 0.15) is 29.3 Å². The number of aromatic nitrogens is 5. The predicted molar refractivity (Wildman–Crippen MR) is 118 cm³/mol. The highest BCUT2D eigenvalue weighted by molar-refractivity contribution is 5.65. The fourth-order valence-corrected chi connectivity index (χ4v) is 3.97. The number of nitrogens with one attached hydrogen (secondary N) is 1. The highest BCUT2D eigenvalue weighted by atomic mass is 19.4. The Bertz CT molecular complexity index is 1300. The highest BCUT2D eigenvalue weighted by Gasteiger charge is 2.37. The van der Waals surface area contributed by atoms with Gasteiger partial charge in [-0.15, -0.1) is 0 Å². The van der Waals surface area contributed by atoms with E-state index in [1.165, 1.54) is 22.0 Å². The number of piperidine rings is 1. The molecule has 0 bridgehead atoms. The van der Waals surface area contributed by atoms with Gasteiger partial charge in [-0.3, -0.25) is 0 Å². The zero-order valence-electron chi connectivity index (χ0n) is 18.8. The van der Waals surface area contributed by atoms with Crippen molar-refractivity contribution in [3.05, 3.63) is 47.8 Å². The van der Waals surface area contributed by atoms with Gasteiger partial charge in [-0.1, -0.05) is 6.92 Å². The van der Waals surface area contributed by atoms with Crippen molar-refractivity contribution in [3.8, 4) is 23.1 Å². The molecule has 1 aliphatic rings. The second-order valence-electron chi connectivity index (χ2n) is 8.30. The van der Waals surface area contributed by atoms with Gasteiger partial charge in [0.25, 0.3) is 0 Å². The third kappa shape index (κ3) is 5.01. The third-order valence-electron chi connectivity index (χ3n) is 5.81. The van der Waals surface area contributed by atoms with Crippen molar-refractivity contribution in [1.82, 2.24) is 29.4 Å². The van der Waals surface area contributed by atoms with Gasteiger partial charge in [-0.25, -0.2) is 24.7 Å². The van der Waals surface area contributed by atoms with E-state index in [2.05, 4.69) is 25.3 Å². The van der Waals surface area contributed by atoms with E-state index in [1.807, 2.05) is 13.0 Å². The highest BCUT2D eigenvalue weighted by Crippen LogP contribution is 2.36. The number of hydrogen-bond acceptors (Lipinski definition) is 7. The second kappa shape index (κ2) is 9.21. The molecule has 10 nitrogen and oxygen atoms in total. The molecule has 4 heterocycles. The Morgan fingerprint density at radius 2 is 2.06 bits per heavy atom. The van der Waals surface area contributed by atoms with Crippen LogP contribution in [0.3, 0.4) is 0 Å². The number of aryl methyl sites for hydroxylation is 1. The van der Waals surface area contributed by atoms with Gasteiger partial charge in [0.2, 0.25) is 5.95 Å². The van der Waals surface area contributed by atoms with Gasteiger partial charge >= 0.3 is 12.3 Å². The minimum Gasteiger partial charge on any atom is -0.465 e. The molecule has 13 heteroatoms. The number of pyridine rings is 1. The molecule has 0 spiro atoms. The van der Waals surface area contributed by atoms with Crippen LogP contribution in [0.5, 0.6) is 0 Å². The van der Waals surface area contributed by atoms with Crippen LogP contribution in [0.4, 0.5) is 23.9 Å². The van der Waals surface area contributed by atoms with E-state index in [0.717, 1.165) is 0 Å². The molecule has 0 aromatic carbocycles. The van der Waals surface area contributed by atoms with Crippen LogP contribution < -0.4 is 5.32 Å². The number of anilines is 1. The maximum Gasteiger partial charge on any atom is 0.420 e. The van der Waals surface area contributed by atoms with Gasteiger partial charge in [0.15, 0.2) is 5.69 Å². The summed E-state index contributed by atoms with van der Waals surface area (Å²) in [4.78, 5) is 28.7. The second-order valence-corrected chi connectivity index (χ2v) is 8.30. The van der Waals surface area contributed by atoms with Crippen LogP contribution >= 0.6 is 0 Å². The summed E-state index contributed by atoms with van der Waals surface area (Å²) in [6.07, 6.45) is -1.93. The number of nitrogens with zero attached hydrogens (tertiary/aromatic N) is 7. The Labute approximate surface area is 198 Å². The first kappa shape index (κ1) is 23.9. The first-order valence-electron chi connectivity index (χ1n) is 10.7. The fourth-order valence-electron chi connectivity index (χ4n) is 3.97. The Balaban J connectivity index is 1.67. The molecule has 0 aliphatic carbocycles. The SMILES string of the molecule is Cc1ccc(-n2cnc(-c3nc(N[C@H]4CCN(C(=O)O)C[C@H]4C)ncc3C(F)(F)F)c2)c(C#N)n1. The number of hydrogen-bond donors (Lipinski definition) is 2. The van der Waals surface area contributed by atoms with Crippen molar-refractivity contribution in [3.63, 3.8) is 0 Å². The lowest BCUT2D eigenvalue weighted by Gasteiger charge is -2.35. The summed E-state index contributed by atoms with van der Waals surface area (Å²) in [5.74, 6) is -0.121. The zero-order chi connectivity index (χ0) is 25.3. The van der Waals surface area contributed by atoms with E-state index >= 15 is 0 Å². The van der Waals surface area contributed by atoms with E-state index in [1.54, 1.807) is 19.1 Å². The average molecular weight is 486 g/mol. The summed E-state index contributed by atoms with van der Waals surface area (Å²) in [6.45, 7) is 4.15. The molecular weight excluding hydrogens is 465 g/mol. The average Bonchev–Trinajstić information content (AvgIpc) is 3.29. The monoisotopic (exact) mass is 486 g/mol. The smallest absolute Gasteiger partial charge is 0.420 e. The van der Waals surface area contributed by atoms with Crippen LogP contribution in [0.15, 0.2) is 30.9 Å². The fraction of sp³-hybridized carbons (Fsp3) is 0.364. The van der Waals surface area contributed by atoms with Gasteiger partial charge in [-0.05, 0) is 31.4 Å². The van der Waals surface area contributed by atoms with Gasteiger partial charge in [0, 0.05) is 37.2 Å². The van der Waals surface area contributed by atoms with Crippen LogP contribution in [0, 0.1) is 24.2 Å². The molecule has 3 aromatic rings. The molecule has 0 radical (unpaired) electrons. The van der Waals surface area contributed by atoms with Gasteiger partial charge < -0.3 is 19.9 Å². The molecule has 182 valence electrons. The molecule has 1 amide bonds. The van der Waals surface area contributed by atoms with Crippen molar-refractivity contribution < 1.29 is 23.1 Å². The number of carbonyl (C=O) groups is 1. The molecule has 1 saturated heterocycles. The molecular formula is C22H21F3N8O2. The number of carboxylic acid groups (broad SMARTS) is 1. The Morgan fingerprint density at radius 1 is 1.29 bits per heavy atom. The van der Waals surface area contributed by atoms with E-state index < -0.39 is 23.5 Å². The summed E-state index contributed by atoms with van der Waals surface area (Å²) in [6, 6.07) is 5.07. The Kier molecular flexibility index (Phi) is 6.29. The van der Waals surface area contributed by atoms with E-state index in [-0.39, 0.29) is 35.8 Å². The lowest BCUT2D eigenvalue weighted by Crippen LogP contribution is -2.47. The number of likely N-dealkylation sites (tertiary alicyclic amines) is 1. The van der Waals surface area contributed by atoms with Crippen molar-refractivity contribution in [1.29, 1.82) is 5.26 Å². The minimum atomic E-state index is -4.72.